The molecule has 278 valence electrons. The molecule has 0 saturated heterocycles. The second-order valence-corrected chi connectivity index (χ2v) is 14.4. The van der Waals surface area contributed by atoms with Crippen molar-refractivity contribution in [2.45, 2.75) is 35.7 Å². The van der Waals surface area contributed by atoms with Gasteiger partial charge in [-0.2, -0.15) is 11.8 Å². The quantitative estimate of drug-likeness (QED) is 0.0744. The number of carbonyl (C=O) groups is 5. The van der Waals surface area contributed by atoms with Gasteiger partial charge in [0, 0.05) is 12.2 Å². The van der Waals surface area contributed by atoms with Crippen molar-refractivity contribution in [3.63, 3.8) is 0 Å². The second kappa shape index (κ2) is 20.8. The third-order valence-electron chi connectivity index (χ3n) is 8.44. The van der Waals surface area contributed by atoms with E-state index >= 15 is 0 Å². The summed E-state index contributed by atoms with van der Waals surface area (Å²) in [5.41, 5.74) is 14.5. The molecule has 0 aliphatic heterocycles. The van der Waals surface area contributed by atoms with Crippen LogP contribution in [-0.2, 0) is 35.1 Å². The SMILES string of the molecule is CSCC[C@H](NC(=O)CN)C(=O)N[C@@H](Cc1ccccc1)C(=O)N[C@@H](CSC(c1ccccc1)(c1ccccc1)c1ccccc1)C(=O)NCC(N)=O. The smallest absolute Gasteiger partial charge is 0.243 e. The minimum absolute atomic E-state index is 0.0595. The van der Waals surface area contributed by atoms with Crippen LogP contribution >= 0.6 is 23.5 Å². The lowest BCUT2D eigenvalue weighted by Crippen LogP contribution is -2.58. The molecule has 0 heterocycles. The molecule has 8 N–H and O–H groups in total. The second-order valence-electron chi connectivity index (χ2n) is 12.2. The molecule has 0 spiro atoms. The third-order valence-corrected chi connectivity index (χ3v) is 10.7. The van der Waals surface area contributed by atoms with Gasteiger partial charge in [-0.15, -0.1) is 11.8 Å². The highest BCUT2D eigenvalue weighted by Gasteiger charge is 2.39. The Labute approximate surface area is 318 Å². The van der Waals surface area contributed by atoms with Crippen molar-refractivity contribution in [1.82, 2.24) is 21.3 Å². The van der Waals surface area contributed by atoms with Crippen LogP contribution in [0.1, 0.15) is 28.7 Å². The Morgan fingerprint density at radius 2 is 1.11 bits per heavy atom. The average Bonchev–Trinajstić information content (AvgIpc) is 3.19. The van der Waals surface area contributed by atoms with E-state index in [1.54, 1.807) is 0 Å². The largest absolute Gasteiger partial charge is 0.368 e. The zero-order valence-corrected chi connectivity index (χ0v) is 31.2. The van der Waals surface area contributed by atoms with Crippen molar-refractivity contribution in [1.29, 1.82) is 0 Å². The number of amides is 5. The maximum Gasteiger partial charge on any atom is 0.243 e. The van der Waals surface area contributed by atoms with Crippen LogP contribution in [0.3, 0.4) is 0 Å². The van der Waals surface area contributed by atoms with Gasteiger partial charge >= 0.3 is 0 Å². The fourth-order valence-electron chi connectivity index (χ4n) is 5.82. The Kier molecular flexibility index (Phi) is 16.0. The van der Waals surface area contributed by atoms with Crippen LogP contribution in [0.4, 0.5) is 0 Å². The predicted octanol–water partition coefficient (Wildman–Crippen LogP) is 2.72. The summed E-state index contributed by atoms with van der Waals surface area (Å²) in [5.74, 6) is -2.41. The Hall–Kier alpha value is -5.11. The standard InChI is InChI=1S/C40H46N6O5S2/c1-52-23-22-32(44-36(48)25-41)38(50)45-33(24-28-14-6-2-7-15-28)39(51)46-34(37(49)43-26-35(42)47)27-53-40(29-16-8-3-9-17-29,30-18-10-4-11-19-30)31-20-12-5-13-21-31/h2-21,32-34H,22-27,41H2,1H3,(H2,42,47)(H,43,49)(H,44,48)(H,45,50)(H,46,51)/t32-,33-,34-/m0/s1. The van der Waals surface area contributed by atoms with Crippen LogP contribution < -0.4 is 32.7 Å². The number of hydrogen-bond donors (Lipinski definition) is 6. The van der Waals surface area contributed by atoms with Crippen molar-refractivity contribution in [2.24, 2.45) is 11.5 Å². The van der Waals surface area contributed by atoms with E-state index in [0.717, 1.165) is 22.3 Å². The Bertz CT molecular complexity index is 1690. The van der Waals surface area contributed by atoms with Crippen LogP contribution in [0.2, 0.25) is 0 Å². The van der Waals surface area contributed by atoms with Crippen molar-refractivity contribution < 1.29 is 24.0 Å². The van der Waals surface area contributed by atoms with Crippen molar-refractivity contribution in [2.75, 3.05) is 30.9 Å². The van der Waals surface area contributed by atoms with Gasteiger partial charge in [-0.25, -0.2) is 0 Å². The van der Waals surface area contributed by atoms with E-state index in [2.05, 4.69) is 21.3 Å². The highest BCUT2D eigenvalue weighted by molar-refractivity contribution is 8.00. The molecule has 11 nitrogen and oxygen atoms in total. The maximum absolute atomic E-state index is 14.3. The molecule has 0 aliphatic carbocycles. The fraction of sp³-hybridized carbons (Fsp3) is 0.275. The van der Waals surface area contributed by atoms with E-state index in [0.29, 0.717) is 12.2 Å². The first-order valence-corrected chi connectivity index (χ1v) is 19.6. The summed E-state index contributed by atoms with van der Waals surface area (Å²) in [6.07, 6.45) is 2.30. The zero-order valence-electron chi connectivity index (χ0n) is 29.5. The van der Waals surface area contributed by atoms with Crippen LogP contribution in [-0.4, -0.2) is 78.5 Å². The molecule has 4 aromatic carbocycles. The number of rotatable bonds is 20. The number of primary amides is 1. The first kappa shape index (κ1) is 40.7. The maximum atomic E-state index is 14.3. The summed E-state index contributed by atoms with van der Waals surface area (Å²) in [6.45, 7) is -0.730. The number of carbonyl (C=O) groups excluding carboxylic acids is 5. The number of nitrogens with one attached hydrogen (secondary N) is 4. The average molecular weight is 755 g/mol. The van der Waals surface area contributed by atoms with Gasteiger partial charge in [0.15, 0.2) is 0 Å². The summed E-state index contributed by atoms with van der Waals surface area (Å²) in [6, 6.07) is 35.6. The lowest BCUT2D eigenvalue weighted by molar-refractivity contribution is -0.133. The highest BCUT2D eigenvalue weighted by Crippen LogP contribution is 2.48. The molecule has 0 fully saturated rings. The minimum Gasteiger partial charge on any atom is -0.368 e. The molecule has 3 atom stereocenters. The van der Waals surface area contributed by atoms with E-state index in [9.17, 15) is 24.0 Å². The summed E-state index contributed by atoms with van der Waals surface area (Å²) in [7, 11) is 0. The van der Waals surface area contributed by atoms with E-state index in [1.807, 2.05) is 128 Å². The number of thioether (sulfide) groups is 2. The Balaban J connectivity index is 1.71. The first-order valence-electron chi connectivity index (χ1n) is 17.2. The van der Waals surface area contributed by atoms with Crippen LogP contribution in [0.15, 0.2) is 121 Å². The van der Waals surface area contributed by atoms with Gasteiger partial charge in [0.1, 0.15) is 18.1 Å². The van der Waals surface area contributed by atoms with Crippen LogP contribution in [0.5, 0.6) is 0 Å². The molecule has 53 heavy (non-hydrogen) atoms. The summed E-state index contributed by atoms with van der Waals surface area (Å²) in [5, 5.41) is 10.9. The molecular formula is C40H46N6O5S2. The normalized spacial score (nSPS) is 12.8. The third kappa shape index (κ3) is 11.7. The molecule has 0 radical (unpaired) electrons. The number of nitrogens with two attached hydrogens (primary N) is 2. The zero-order chi connectivity index (χ0) is 38.1. The summed E-state index contributed by atoms with van der Waals surface area (Å²) < 4.78 is -0.819. The van der Waals surface area contributed by atoms with E-state index < -0.39 is 59.0 Å². The topological polar surface area (TPSA) is 186 Å². The highest BCUT2D eigenvalue weighted by atomic mass is 32.2. The lowest BCUT2D eigenvalue weighted by Gasteiger charge is -2.36. The van der Waals surface area contributed by atoms with Crippen LogP contribution in [0.25, 0.3) is 0 Å². The molecule has 0 aromatic heterocycles. The monoisotopic (exact) mass is 754 g/mol. The van der Waals surface area contributed by atoms with Gasteiger partial charge in [-0.1, -0.05) is 121 Å². The van der Waals surface area contributed by atoms with E-state index in [1.165, 1.54) is 23.5 Å². The van der Waals surface area contributed by atoms with Crippen LogP contribution in [0, 0.1) is 0 Å². The summed E-state index contributed by atoms with van der Waals surface area (Å²) in [4.78, 5) is 65.6. The fourth-order valence-corrected chi connectivity index (χ4v) is 7.85. The molecule has 4 aromatic rings. The molecule has 4 rings (SSSR count). The number of hydrogen-bond acceptors (Lipinski definition) is 8. The molecule has 5 amide bonds. The molecular weight excluding hydrogens is 709 g/mol. The van der Waals surface area contributed by atoms with E-state index in [-0.39, 0.29) is 18.7 Å². The van der Waals surface area contributed by atoms with Crippen molar-refractivity contribution in [3.8, 4) is 0 Å². The first-order chi connectivity index (χ1) is 25.7. The lowest BCUT2D eigenvalue weighted by atomic mass is 9.84. The summed E-state index contributed by atoms with van der Waals surface area (Å²) >= 11 is 2.96. The molecule has 0 unspecified atom stereocenters. The molecule has 13 heteroatoms. The Morgan fingerprint density at radius 3 is 1.58 bits per heavy atom. The van der Waals surface area contributed by atoms with Crippen molar-refractivity contribution in [3.05, 3.63) is 144 Å². The van der Waals surface area contributed by atoms with Gasteiger partial charge in [-0.3, -0.25) is 24.0 Å². The van der Waals surface area contributed by atoms with Gasteiger partial charge < -0.3 is 32.7 Å². The van der Waals surface area contributed by atoms with Gasteiger partial charge in [0.05, 0.1) is 17.8 Å². The molecule has 0 saturated carbocycles. The van der Waals surface area contributed by atoms with E-state index in [4.69, 9.17) is 11.5 Å². The van der Waals surface area contributed by atoms with Crippen molar-refractivity contribution >= 4 is 53.1 Å². The van der Waals surface area contributed by atoms with Gasteiger partial charge in [0.25, 0.3) is 0 Å². The van der Waals surface area contributed by atoms with Gasteiger partial charge in [-0.05, 0) is 40.7 Å². The molecule has 0 bridgehead atoms. The van der Waals surface area contributed by atoms with Gasteiger partial charge in [0.2, 0.25) is 29.5 Å². The minimum atomic E-state index is -1.17. The predicted molar refractivity (Wildman–Crippen MR) is 212 cm³/mol. The molecule has 0 aliphatic rings. The Morgan fingerprint density at radius 1 is 0.642 bits per heavy atom. The number of benzene rings is 4.